The lowest BCUT2D eigenvalue weighted by Crippen LogP contribution is -2.57. The van der Waals surface area contributed by atoms with Crippen LogP contribution in [0.3, 0.4) is 0 Å². The summed E-state index contributed by atoms with van der Waals surface area (Å²) in [4.78, 5) is 29.1. The summed E-state index contributed by atoms with van der Waals surface area (Å²) in [5.41, 5.74) is -0.0547. The number of carbonyl (C=O) groups excluding carboxylic acids is 2. The van der Waals surface area contributed by atoms with E-state index >= 15 is 0 Å². The first kappa shape index (κ1) is 21.7. The summed E-state index contributed by atoms with van der Waals surface area (Å²) in [5, 5.41) is 3.41. The minimum absolute atomic E-state index is 0.0207. The summed E-state index contributed by atoms with van der Waals surface area (Å²) >= 11 is 5.92. The molecule has 1 N–H and O–H groups in total. The molecule has 2 aliphatic heterocycles. The van der Waals surface area contributed by atoms with Gasteiger partial charge in [-0.1, -0.05) is 11.6 Å². The molecule has 29 heavy (non-hydrogen) atoms. The number of hydrogen-bond acceptors (Lipinski definition) is 4. The van der Waals surface area contributed by atoms with Crippen molar-refractivity contribution in [2.24, 2.45) is 0 Å². The number of likely N-dealkylation sites (tertiary alicyclic amines) is 2. The van der Waals surface area contributed by atoms with Crippen molar-refractivity contribution < 1.29 is 18.7 Å². The molecular formula is C21H29ClFN3O3. The van der Waals surface area contributed by atoms with Gasteiger partial charge in [0.1, 0.15) is 17.5 Å². The molecule has 160 valence electrons. The van der Waals surface area contributed by atoms with Gasteiger partial charge in [0.2, 0.25) is 5.91 Å². The molecule has 2 saturated heterocycles. The molecule has 1 aromatic rings. The highest BCUT2D eigenvalue weighted by Crippen LogP contribution is 2.26. The van der Waals surface area contributed by atoms with Crippen LogP contribution in [0.15, 0.2) is 18.2 Å². The first-order valence-electron chi connectivity index (χ1n) is 10.1. The number of benzene rings is 1. The zero-order valence-corrected chi connectivity index (χ0v) is 18.0. The first-order chi connectivity index (χ1) is 13.6. The van der Waals surface area contributed by atoms with Gasteiger partial charge in [0, 0.05) is 36.4 Å². The van der Waals surface area contributed by atoms with Crippen molar-refractivity contribution in [3.8, 4) is 0 Å². The van der Waals surface area contributed by atoms with E-state index in [4.69, 9.17) is 16.3 Å². The molecule has 2 amide bonds. The molecule has 0 aliphatic carbocycles. The lowest BCUT2D eigenvalue weighted by Gasteiger charge is -2.43. The molecule has 3 rings (SSSR count). The number of nitrogens with zero attached hydrogens (tertiary/aromatic N) is 2. The summed E-state index contributed by atoms with van der Waals surface area (Å²) in [6, 6.07) is 3.71. The van der Waals surface area contributed by atoms with Gasteiger partial charge in [-0.25, -0.2) is 9.18 Å². The molecule has 1 unspecified atom stereocenters. The molecule has 0 radical (unpaired) electrons. The molecule has 2 aliphatic rings. The Morgan fingerprint density at radius 3 is 2.62 bits per heavy atom. The number of ether oxygens (including phenoxy) is 1. The van der Waals surface area contributed by atoms with Crippen LogP contribution >= 0.6 is 11.6 Å². The molecule has 8 heteroatoms. The second-order valence-electron chi connectivity index (χ2n) is 8.75. The lowest BCUT2D eigenvalue weighted by molar-refractivity contribution is -0.138. The fourth-order valence-corrected chi connectivity index (χ4v) is 4.16. The average Bonchev–Trinajstić information content (AvgIpc) is 2.61. The smallest absolute Gasteiger partial charge is 0.410 e. The minimum Gasteiger partial charge on any atom is -0.444 e. The molecule has 6 nitrogen and oxygen atoms in total. The third kappa shape index (κ3) is 5.75. The molecule has 2 heterocycles. The Morgan fingerprint density at radius 1 is 1.21 bits per heavy atom. The SMILES string of the molecule is CC(C)(C)OC(=O)N1CCC[C@@H](N2CCCC(Nc3cc(F)cc(Cl)c3)C2=O)C1. The number of rotatable bonds is 3. The lowest BCUT2D eigenvalue weighted by atomic mass is 9.98. The second kappa shape index (κ2) is 8.78. The average molecular weight is 426 g/mol. The fourth-order valence-electron chi connectivity index (χ4n) is 3.94. The van der Waals surface area contributed by atoms with Crippen LogP contribution in [0, 0.1) is 5.82 Å². The van der Waals surface area contributed by atoms with Crippen LogP contribution in [0.25, 0.3) is 0 Å². The number of amides is 2. The Balaban J connectivity index is 1.65. The van der Waals surface area contributed by atoms with E-state index in [0.29, 0.717) is 31.7 Å². The molecule has 2 atom stereocenters. The normalized spacial score (nSPS) is 23.1. The molecule has 1 aromatic carbocycles. The van der Waals surface area contributed by atoms with Crippen LogP contribution in [-0.4, -0.2) is 59.1 Å². The van der Waals surface area contributed by atoms with E-state index in [1.807, 2.05) is 25.7 Å². The van der Waals surface area contributed by atoms with Crippen LogP contribution < -0.4 is 5.32 Å². The van der Waals surface area contributed by atoms with Crippen molar-refractivity contribution in [1.29, 1.82) is 0 Å². The van der Waals surface area contributed by atoms with Gasteiger partial charge in [0.25, 0.3) is 0 Å². The second-order valence-corrected chi connectivity index (χ2v) is 9.19. The summed E-state index contributed by atoms with van der Waals surface area (Å²) in [6.07, 6.45) is 2.85. The van der Waals surface area contributed by atoms with Gasteiger partial charge >= 0.3 is 6.09 Å². The highest BCUT2D eigenvalue weighted by Gasteiger charge is 2.37. The van der Waals surface area contributed by atoms with Crippen molar-refractivity contribution in [3.05, 3.63) is 29.0 Å². The van der Waals surface area contributed by atoms with Gasteiger partial charge in [0.05, 0.1) is 0 Å². The van der Waals surface area contributed by atoms with Crippen molar-refractivity contribution in [2.45, 2.75) is 64.1 Å². The largest absolute Gasteiger partial charge is 0.444 e. The number of halogens is 2. The third-order valence-corrected chi connectivity index (χ3v) is 5.38. The number of anilines is 1. The van der Waals surface area contributed by atoms with E-state index in [2.05, 4.69) is 5.32 Å². The topological polar surface area (TPSA) is 61.9 Å². The summed E-state index contributed by atoms with van der Waals surface area (Å²) in [6.45, 7) is 7.30. The molecule has 2 fully saturated rings. The van der Waals surface area contributed by atoms with E-state index in [1.165, 1.54) is 12.1 Å². The minimum atomic E-state index is -0.549. The van der Waals surface area contributed by atoms with Crippen LogP contribution in [0.2, 0.25) is 5.02 Å². The van der Waals surface area contributed by atoms with E-state index < -0.39 is 17.5 Å². The van der Waals surface area contributed by atoms with Crippen LogP contribution in [0.1, 0.15) is 46.5 Å². The van der Waals surface area contributed by atoms with Gasteiger partial charge in [-0.2, -0.15) is 0 Å². The number of nitrogens with one attached hydrogen (secondary N) is 1. The van der Waals surface area contributed by atoms with Crippen molar-refractivity contribution >= 4 is 29.3 Å². The highest BCUT2D eigenvalue weighted by atomic mass is 35.5. The Kier molecular flexibility index (Phi) is 6.56. The van der Waals surface area contributed by atoms with Crippen LogP contribution in [0.4, 0.5) is 14.9 Å². The van der Waals surface area contributed by atoms with E-state index in [1.54, 1.807) is 11.0 Å². The maximum Gasteiger partial charge on any atom is 0.410 e. The zero-order valence-electron chi connectivity index (χ0n) is 17.2. The van der Waals surface area contributed by atoms with Crippen molar-refractivity contribution in [1.82, 2.24) is 9.80 Å². The van der Waals surface area contributed by atoms with E-state index in [-0.39, 0.29) is 23.1 Å². The Bertz CT molecular complexity index is 748. The standard InChI is InChI=1S/C21H29ClFN3O3/c1-21(2,3)29-20(28)25-8-4-6-17(13-25)26-9-5-7-18(19(26)27)24-16-11-14(22)10-15(23)12-16/h10-12,17-18,24H,4-9,13H2,1-3H3/t17-,18?/m1/s1. The van der Waals surface area contributed by atoms with E-state index in [9.17, 15) is 14.0 Å². The fraction of sp³-hybridized carbons (Fsp3) is 0.619. The van der Waals surface area contributed by atoms with Crippen LogP contribution in [-0.2, 0) is 9.53 Å². The first-order valence-corrected chi connectivity index (χ1v) is 10.5. The van der Waals surface area contributed by atoms with E-state index in [0.717, 1.165) is 19.3 Å². The van der Waals surface area contributed by atoms with Gasteiger partial charge < -0.3 is 19.9 Å². The van der Waals surface area contributed by atoms with Gasteiger partial charge in [-0.05, 0) is 64.7 Å². The molecule has 0 aromatic heterocycles. The Labute approximate surface area is 176 Å². The summed E-state index contributed by atoms with van der Waals surface area (Å²) < 4.78 is 19.1. The maximum atomic E-state index is 13.6. The maximum absolute atomic E-state index is 13.6. The molecule has 0 bridgehead atoms. The van der Waals surface area contributed by atoms with Crippen molar-refractivity contribution in [2.75, 3.05) is 25.0 Å². The predicted molar refractivity (Wildman–Crippen MR) is 111 cm³/mol. The molecule has 0 spiro atoms. The quantitative estimate of drug-likeness (QED) is 0.785. The third-order valence-electron chi connectivity index (χ3n) is 5.17. The van der Waals surface area contributed by atoms with Gasteiger partial charge in [0.15, 0.2) is 0 Å². The van der Waals surface area contributed by atoms with Gasteiger partial charge in [-0.15, -0.1) is 0 Å². The Hall–Kier alpha value is -2.02. The summed E-state index contributed by atoms with van der Waals surface area (Å²) in [5.74, 6) is -0.465. The summed E-state index contributed by atoms with van der Waals surface area (Å²) in [7, 11) is 0. The van der Waals surface area contributed by atoms with Crippen LogP contribution in [0.5, 0.6) is 0 Å². The molecular weight excluding hydrogens is 397 g/mol. The number of piperidine rings is 2. The predicted octanol–water partition coefficient (Wildman–Crippen LogP) is 4.28. The zero-order chi connectivity index (χ0) is 21.2. The number of carbonyl (C=O) groups is 2. The highest BCUT2D eigenvalue weighted by molar-refractivity contribution is 6.30. The Morgan fingerprint density at radius 2 is 1.93 bits per heavy atom. The van der Waals surface area contributed by atoms with Gasteiger partial charge in [-0.3, -0.25) is 4.79 Å². The number of hydrogen-bond donors (Lipinski definition) is 1. The van der Waals surface area contributed by atoms with Crippen molar-refractivity contribution in [3.63, 3.8) is 0 Å². The monoisotopic (exact) mass is 425 g/mol. The molecule has 0 saturated carbocycles.